The predicted octanol–water partition coefficient (Wildman–Crippen LogP) is 5.42. The number of imidazole rings is 1. The molecule has 1 N–H and O–H groups in total. The van der Waals surface area contributed by atoms with Gasteiger partial charge in [0.15, 0.2) is 0 Å². The lowest BCUT2D eigenvalue weighted by Gasteiger charge is -2.25. The monoisotopic (exact) mass is 538 g/mol. The second kappa shape index (κ2) is 12.2. The topological polar surface area (TPSA) is 85.7 Å². The Bertz CT molecular complexity index is 1450. The van der Waals surface area contributed by atoms with Crippen molar-refractivity contribution in [1.29, 1.82) is 0 Å². The first-order valence-electron chi connectivity index (χ1n) is 13.5. The van der Waals surface area contributed by atoms with Gasteiger partial charge in [-0.25, -0.2) is 4.98 Å². The summed E-state index contributed by atoms with van der Waals surface area (Å²) in [5.74, 6) is 0.468. The number of rotatable bonds is 9. The number of carbonyl (C=O) groups excluding carboxylic acids is 2. The van der Waals surface area contributed by atoms with Crippen LogP contribution in [0.4, 0.5) is 5.95 Å². The van der Waals surface area contributed by atoms with E-state index in [1.807, 2.05) is 73.1 Å². The summed E-state index contributed by atoms with van der Waals surface area (Å²) in [6, 6.07) is 23.0. The minimum atomic E-state index is -0.339. The largest absolute Gasteiger partial charge is 0.497 e. The van der Waals surface area contributed by atoms with Gasteiger partial charge in [-0.15, -0.1) is 0 Å². The third-order valence-corrected chi connectivity index (χ3v) is 7.02. The number of carbonyl (C=O) groups is 2. The van der Waals surface area contributed by atoms with Crippen molar-refractivity contribution in [3.8, 4) is 22.7 Å². The molecule has 1 aliphatic heterocycles. The van der Waals surface area contributed by atoms with Gasteiger partial charge in [0.25, 0.3) is 5.91 Å². The third kappa shape index (κ3) is 6.40. The zero-order valence-electron chi connectivity index (χ0n) is 23.1. The summed E-state index contributed by atoms with van der Waals surface area (Å²) in [5.41, 5.74) is 5.33. The molecule has 2 heterocycles. The average molecular weight is 539 g/mol. The van der Waals surface area contributed by atoms with Gasteiger partial charge < -0.3 is 14.4 Å². The Labute approximate surface area is 234 Å². The molecule has 0 radical (unpaired) electrons. The number of anilines is 1. The van der Waals surface area contributed by atoms with Crippen molar-refractivity contribution in [3.05, 3.63) is 95.7 Å². The van der Waals surface area contributed by atoms with Crippen LogP contribution in [0, 0.1) is 13.8 Å². The fraction of sp³-hybridized carbons (Fsp3) is 0.281. The zero-order chi connectivity index (χ0) is 28.1. The van der Waals surface area contributed by atoms with Crippen LogP contribution in [0.25, 0.3) is 16.9 Å². The molecule has 5 rings (SSSR count). The van der Waals surface area contributed by atoms with Gasteiger partial charge in [0.1, 0.15) is 12.3 Å². The van der Waals surface area contributed by atoms with E-state index in [2.05, 4.69) is 5.32 Å². The van der Waals surface area contributed by atoms with E-state index in [-0.39, 0.29) is 24.5 Å². The molecule has 3 aromatic carbocycles. The maximum Gasteiger partial charge on any atom is 0.254 e. The standard InChI is InChI=1S/C32H34N4O4/c1-22-6-10-24(11-7-22)29-20-36(26-14-8-23(2)9-15-26)32(33-29)34-30(37)21-35(19-28-5-4-18-40-28)31(38)25-12-16-27(39-3)17-13-25/h6-17,20,28H,4-5,18-19,21H2,1-3H3,(H,33,34,37)/t28-/m0/s1. The molecule has 2 amide bonds. The van der Waals surface area contributed by atoms with Gasteiger partial charge in [-0.2, -0.15) is 0 Å². The summed E-state index contributed by atoms with van der Waals surface area (Å²) in [6.45, 7) is 4.93. The Morgan fingerprint density at radius 2 is 1.68 bits per heavy atom. The van der Waals surface area contributed by atoms with Crippen molar-refractivity contribution in [1.82, 2.24) is 14.5 Å². The fourth-order valence-electron chi connectivity index (χ4n) is 4.74. The number of aromatic nitrogens is 2. The molecule has 1 atom stereocenters. The predicted molar refractivity (Wildman–Crippen MR) is 155 cm³/mol. The lowest BCUT2D eigenvalue weighted by molar-refractivity contribution is -0.117. The number of nitrogens with one attached hydrogen (secondary N) is 1. The molecule has 0 unspecified atom stereocenters. The quantitative estimate of drug-likeness (QED) is 0.307. The van der Waals surface area contributed by atoms with E-state index in [4.69, 9.17) is 14.5 Å². The highest BCUT2D eigenvalue weighted by atomic mass is 16.5. The molecule has 0 saturated carbocycles. The summed E-state index contributed by atoms with van der Waals surface area (Å²) in [6.07, 6.45) is 3.61. The van der Waals surface area contributed by atoms with Crippen molar-refractivity contribution in [2.24, 2.45) is 0 Å². The summed E-state index contributed by atoms with van der Waals surface area (Å²) < 4.78 is 12.9. The lowest BCUT2D eigenvalue weighted by Crippen LogP contribution is -2.42. The van der Waals surface area contributed by atoms with Gasteiger partial charge >= 0.3 is 0 Å². The molecule has 0 spiro atoms. The molecule has 8 heteroatoms. The number of nitrogens with zero attached hydrogens (tertiary/aromatic N) is 3. The SMILES string of the molecule is COc1ccc(C(=O)N(CC(=O)Nc2nc(-c3ccc(C)cc3)cn2-c2ccc(C)cc2)C[C@@H]2CCCO2)cc1. The average Bonchev–Trinajstić information content (AvgIpc) is 3.63. The van der Waals surface area contributed by atoms with Crippen LogP contribution in [0.2, 0.25) is 0 Å². The number of amides is 2. The van der Waals surface area contributed by atoms with Crippen LogP contribution in [0.3, 0.4) is 0 Å². The molecule has 8 nitrogen and oxygen atoms in total. The molecule has 206 valence electrons. The van der Waals surface area contributed by atoms with Crippen molar-refractivity contribution in [2.75, 3.05) is 32.1 Å². The second-order valence-electron chi connectivity index (χ2n) is 10.1. The van der Waals surface area contributed by atoms with Gasteiger partial charge in [0, 0.05) is 36.2 Å². The van der Waals surface area contributed by atoms with E-state index in [0.29, 0.717) is 30.4 Å². The first-order chi connectivity index (χ1) is 19.4. The number of hydrogen-bond donors (Lipinski definition) is 1. The smallest absolute Gasteiger partial charge is 0.254 e. The summed E-state index contributed by atoms with van der Waals surface area (Å²) >= 11 is 0. The van der Waals surface area contributed by atoms with E-state index in [0.717, 1.165) is 40.9 Å². The van der Waals surface area contributed by atoms with Crippen molar-refractivity contribution in [3.63, 3.8) is 0 Å². The van der Waals surface area contributed by atoms with Crippen LogP contribution in [0.5, 0.6) is 5.75 Å². The molecule has 4 aromatic rings. The molecule has 1 aromatic heterocycles. The minimum Gasteiger partial charge on any atom is -0.497 e. The molecule has 1 saturated heterocycles. The van der Waals surface area contributed by atoms with Crippen molar-refractivity contribution < 1.29 is 19.1 Å². The summed E-state index contributed by atoms with van der Waals surface area (Å²) in [5, 5.41) is 2.96. The number of benzene rings is 3. The highest BCUT2D eigenvalue weighted by Crippen LogP contribution is 2.25. The Morgan fingerprint density at radius 3 is 2.30 bits per heavy atom. The van der Waals surface area contributed by atoms with Crippen LogP contribution in [-0.4, -0.2) is 59.2 Å². The number of methoxy groups -OCH3 is 1. The van der Waals surface area contributed by atoms with Crippen LogP contribution >= 0.6 is 0 Å². The summed E-state index contributed by atoms with van der Waals surface area (Å²) in [4.78, 5) is 33.2. The van der Waals surface area contributed by atoms with Crippen LogP contribution in [0.15, 0.2) is 79.0 Å². The Morgan fingerprint density at radius 1 is 1.00 bits per heavy atom. The van der Waals surface area contributed by atoms with Gasteiger partial charge in [-0.05, 0) is 63.1 Å². The van der Waals surface area contributed by atoms with E-state index in [1.54, 1.807) is 36.3 Å². The number of hydrogen-bond acceptors (Lipinski definition) is 5. The van der Waals surface area contributed by atoms with Gasteiger partial charge in [-0.1, -0.05) is 47.5 Å². The molecule has 0 aliphatic carbocycles. The van der Waals surface area contributed by atoms with E-state index in [1.165, 1.54) is 0 Å². The third-order valence-electron chi connectivity index (χ3n) is 7.02. The van der Waals surface area contributed by atoms with Crippen molar-refractivity contribution >= 4 is 17.8 Å². The summed E-state index contributed by atoms with van der Waals surface area (Å²) in [7, 11) is 1.58. The first kappa shape index (κ1) is 27.1. The number of aryl methyl sites for hydroxylation is 2. The minimum absolute atomic E-state index is 0.0994. The van der Waals surface area contributed by atoms with Crippen LogP contribution in [0.1, 0.15) is 34.3 Å². The molecular formula is C32H34N4O4. The van der Waals surface area contributed by atoms with Gasteiger partial charge in [0.05, 0.1) is 18.9 Å². The maximum absolute atomic E-state index is 13.5. The van der Waals surface area contributed by atoms with Crippen LogP contribution < -0.4 is 10.1 Å². The molecule has 1 fully saturated rings. The highest BCUT2D eigenvalue weighted by molar-refractivity contribution is 5.99. The normalized spacial score (nSPS) is 14.6. The zero-order valence-corrected chi connectivity index (χ0v) is 23.1. The molecule has 1 aliphatic rings. The Balaban J connectivity index is 1.40. The van der Waals surface area contributed by atoms with Crippen LogP contribution in [-0.2, 0) is 9.53 Å². The van der Waals surface area contributed by atoms with Gasteiger partial charge in [-0.3, -0.25) is 19.5 Å². The first-order valence-corrected chi connectivity index (χ1v) is 13.5. The maximum atomic E-state index is 13.5. The van der Waals surface area contributed by atoms with Crippen molar-refractivity contribution in [2.45, 2.75) is 32.8 Å². The van der Waals surface area contributed by atoms with E-state index in [9.17, 15) is 9.59 Å². The van der Waals surface area contributed by atoms with Gasteiger partial charge in [0.2, 0.25) is 11.9 Å². The lowest BCUT2D eigenvalue weighted by atomic mass is 10.1. The molecule has 40 heavy (non-hydrogen) atoms. The second-order valence-corrected chi connectivity index (χ2v) is 10.1. The number of ether oxygens (including phenoxy) is 2. The highest BCUT2D eigenvalue weighted by Gasteiger charge is 2.26. The molecular weight excluding hydrogens is 504 g/mol. The fourth-order valence-corrected chi connectivity index (χ4v) is 4.74. The molecule has 0 bridgehead atoms. The Kier molecular flexibility index (Phi) is 8.26. The van der Waals surface area contributed by atoms with E-state index >= 15 is 0 Å². The Hall–Kier alpha value is -4.43. The van der Waals surface area contributed by atoms with E-state index < -0.39 is 0 Å².